The molecule has 0 saturated carbocycles. The van der Waals surface area contributed by atoms with E-state index in [-0.39, 0.29) is 22.4 Å². The number of amides is 2. The fourth-order valence-electron chi connectivity index (χ4n) is 3.54. The summed E-state index contributed by atoms with van der Waals surface area (Å²) in [5.74, 6) is -0.192. The number of anilines is 1. The summed E-state index contributed by atoms with van der Waals surface area (Å²) in [6.07, 6.45) is 0. The molecule has 4 rings (SSSR count). The van der Waals surface area contributed by atoms with E-state index in [1.54, 1.807) is 36.0 Å². The van der Waals surface area contributed by atoms with Crippen molar-refractivity contribution in [2.24, 2.45) is 0 Å². The first-order valence-electron chi connectivity index (χ1n) is 9.78. The molecule has 0 spiro atoms. The zero-order valence-corrected chi connectivity index (χ0v) is 19.0. The highest BCUT2D eigenvalue weighted by atomic mass is 35.5. The molecule has 3 aromatic carbocycles. The van der Waals surface area contributed by atoms with Crippen molar-refractivity contribution in [3.05, 3.63) is 99.5 Å². The van der Waals surface area contributed by atoms with Crippen molar-refractivity contribution in [1.29, 1.82) is 0 Å². The lowest BCUT2D eigenvalue weighted by Crippen LogP contribution is -2.29. The predicted octanol–water partition coefficient (Wildman–Crippen LogP) is 6.41. The number of hydrogen-bond acceptors (Lipinski definition) is 3. The van der Waals surface area contributed by atoms with Crippen LogP contribution in [-0.4, -0.2) is 22.0 Å². The molecule has 2 amide bonds. The molecular formula is C24H20Cl2N2O2S. The van der Waals surface area contributed by atoms with Crippen molar-refractivity contribution in [3.63, 3.8) is 0 Å². The van der Waals surface area contributed by atoms with Crippen LogP contribution < -0.4 is 5.32 Å². The molecule has 0 unspecified atom stereocenters. The van der Waals surface area contributed by atoms with Crippen molar-refractivity contribution < 1.29 is 9.59 Å². The van der Waals surface area contributed by atoms with Crippen LogP contribution in [0.4, 0.5) is 5.69 Å². The van der Waals surface area contributed by atoms with E-state index >= 15 is 0 Å². The highest BCUT2D eigenvalue weighted by Crippen LogP contribution is 2.44. The van der Waals surface area contributed by atoms with Crippen LogP contribution in [0.1, 0.15) is 33.8 Å². The van der Waals surface area contributed by atoms with Gasteiger partial charge in [0.2, 0.25) is 5.91 Å². The van der Waals surface area contributed by atoms with Crippen molar-refractivity contribution in [3.8, 4) is 0 Å². The molecule has 0 bridgehead atoms. The minimum absolute atomic E-state index is 0.0838. The number of benzene rings is 3. The summed E-state index contributed by atoms with van der Waals surface area (Å²) in [4.78, 5) is 27.3. The molecule has 1 aliphatic rings. The standard InChI is InChI=1S/C24H20Cl2N2O2S/c1-15-23(30)28(14-16-6-4-8-18(25)12-16)24(31-15)17-7-5-9-19(13-17)27-22(29)20-10-2-3-11-21(20)26/h2-13,15,24H,14H2,1H3,(H,27,29)/t15-,24-/m0/s1. The van der Waals surface area contributed by atoms with Gasteiger partial charge in [0.25, 0.3) is 5.91 Å². The van der Waals surface area contributed by atoms with Crippen LogP contribution in [0.3, 0.4) is 0 Å². The first kappa shape index (κ1) is 21.8. The number of carbonyl (C=O) groups excluding carboxylic acids is 2. The maximum atomic E-state index is 12.9. The Morgan fingerprint density at radius 3 is 2.58 bits per heavy atom. The van der Waals surface area contributed by atoms with Crippen molar-refractivity contribution in [1.82, 2.24) is 4.90 Å². The molecule has 31 heavy (non-hydrogen) atoms. The summed E-state index contributed by atoms with van der Waals surface area (Å²) >= 11 is 13.9. The number of hydrogen-bond donors (Lipinski definition) is 1. The molecule has 0 aromatic heterocycles. The Bertz CT molecular complexity index is 1140. The summed E-state index contributed by atoms with van der Waals surface area (Å²) in [5, 5.41) is 3.64. The van der Waals surface area contributed by atoms with Crippen LogP contribution in [0.25, 0.3) is 0 Å². The van der Waals surface area contributed by atoms with Gasteiger partial charge in [0, 0.05) is 17.3 Å². The van der Waals surface area contributed by atoms with Crippen LogP contribution in [0.2, 0.25) is 10.0 Å². The zero-order chi connectivity index (χ0) is 22.0. The maximum absolute atomic E-state index is 12.9. The van der Waals surface area contributed by atoms with Crippen LogP contribution in [0.15, 0.2) is 72.8 Å². The third-order valence-corrected chi connectivity index (χ3v) is 7.00. The van der Waals surface area contributed by atoms with Gasteiger partial charge in [-0.1, -0.05) is 59.6 Å². The van der Waals surface area contributed by atoms with Crippen LogP contribution in [0, 0.1) is 0 Å². The lowest BCUT2D eigenvalue weighted by Gasteiger charge is -2.25. The van der Waals surface area contributed by atoms with E-state index in [0.29, 0.717) is 27.8 Å². The van der Waals surface area contributed by atoms with E-state index in [1.807, 2.05) is 60.4 Å². The summed E-state index contributed by atoms with van der Waals surface area (Å²) in [6.45, 7) is 2.39. The number of halogens is 2. The molecule has 7 heteroatoms. The van der Waals surface area contributed by atoms with Gasteiger partial charge in [0.1, 0.15) is 5.37 Å². The van der Waals surface area contributed by atoms with Gasteiger partial charge in [-0.05, 0) is 54.4 Å². The van der Waals surface area contributed by atoms with Gasteiger partial charge in [-0.2, -0.15) is 0 Å². The number of rotatable bonds is 5. The van der Waals surface area contributed by atoms with Crippen LogP contribution >= 0.6 is 35.0 Å². The number of thioether (sulfide) groups is 1. The average molecular weight is 471 g/mol. The molecule has 3 aromatic rings. The van der Waals surface area contributed by atoms with Crippen molar-refractivity contribution in [2.75, 3.05) is 5.32 Å². The second-order valence-electron chi connectivity index (χ2n) is 7.29. The molecule has 1 saturated heterocycles. The van der Waals surface area contributed by atoms with Gasteiger partial charge in [0.05, 0.1) is 15.8 Å². The number of nitrogens with one attached hydrogen (secondary N) is 1. The Balaban J connectivity index is 1.57. The quantitative estimate of drug-likeness (QED) is 0.468. The topological polar surface area (TPSA) is 49.4 Å². The molecule has 1 fully saturated rings. The number of nitrogens with zero attached hydrogens (tertiary/aromatic N) is 1. The predicted molar refractivity (Wildman–Crippen MR) is 128 cm³/mol. The van der Waals surface area contributed by atoms with E-state index in [0.717, 1.165) is 11.1 Å². The first-order valence-corrected chi connectivity index (χ1v) is 11.5. The van der Waals surface area contributed by atoms with Gasteiger partial charge in [-0.15, -0.1) is 11.8 Å². The van der Waals surface area contributed by atoms with Gasteiger partial charge in [-0.25, -0.2) is 0 Å². The summed E-state index contributed by atoms with van der Waals surface area (Å²) in [7, 11) is 0. The smallest absolute Gasteiger partial charge is 0.257 e. The Morgan fingerprint density at radius 1 is 1.03 bits per heavy atom. The Labute approximate surface area is 195 Å². The van der Waals surface area contributed by atoms with E-state index < -0.39 is 0 Å². The highest BCUT2D eigenvalue weighted by Gasteiger charge is 2.38. The lowest BCUT2D eigenvalue weighted by atomic mass is 10.1. The molecule has 0 aliphatic carbocycles. The average Bonchev–Trinajstić information content (AvgIpc) is 3.03. The third kappa shape index (κ3) is 4.90. The summed E-state index contributed by atoms with van der Waals surface area (Å²) < 4.78 is 0. The fourth-order valence-corrected chi connectivity index (χ4v) is 5.24. The second kappa shape index (κ2) is 9.35. The summed E-state index contributed by atoms with van der Waals surface area (Å²) in [6, 6.07) is 22.0. The largest absolute Gasteiger partial charge is 0.322 e. The monoisotopic (exact) mass is 470 g/mol. The van der Waals surface area contributed by atoms with Gasteiger partial charge < -0.3 is 10.2 Å². The normalized spacial score (nSPS) is 18.3. The Hall–Kier alpha value is -2.47. The van der Waals surface area contributed by atoms with Crippen LogP contribution in [0.5, 0.6) is 0 Å². The van der Waals surface area contributed by atoms with Gasteiger partial charge in [-0.3, -0.25) is 9.59 Å². The SMILES string of the molecule is C[C@@H]1S[C@@H](c2cccc(NC(=O)c3ccccc3Cl)c2)N(Cc2cccc(Cl)c2)C1=O. The van der Waals surface area contributed by atoms with E-state index in [4.69, 9.17) is 23.2 Å². The zero-order valence-electron chi connectivity index (χ0n) is 16.7. The van der Waals surface area contributed by atoms with Crippen molar-refractivity contribution in [2.45, 2.75) is 24.1 Å². The Morgan fingerprint density at radius 2 is 1.81 bits per heavy atom. The maximum Gasteiger partial charge on any atom is 0.257 e. The summed E-state index contributed by atoms with van der Waals surface area (Å²) in [5.41, 5.74) is 2.99. The molecule has 2 atom stereocenters. The van der Waals surface area contributed by atoms with Gasteiger partial charge in [0.15, 0.2) is 0 Å². The minimum Gasteiger partial charge on any atom is -0.322 e. The van der Waals surface area contributed by atoms with E-state index in [1.165, 1.54) is 0 Å². The highest BCUT2D eigenvalue weighted by molar-refractivity contribution is 8.01. The molecule has 4 nitrogen and oxygen atoms in total. The fraction of sp³-hybridized carbons (Fsp3) is 0.167. The van der Waals surface area contributed by atoms with E-state index in [2.05, 4.69) is 5.32 Å². The molecule has 1 heterocycles. The third-order valence-electron chi connectivity index (χ3n) is 5.04. The van der Waals surface area contributed by atoms with Crippen LogP contribution in [-0.2, 0) is 11.3 Å². The Kier molecular flexibility index (Phi) is 6.56. The lowest BCUT2D eigenvalue weighted by molar-refractivity contribution is -0.130. The molecule has 0 radical (unpaired) electrons. The first-order chi connectivity index (χ1) is 14.9. The number of carbonyl (C=O) groups is 2. The van der Waals surface area contributed by atoms with Crippen molar-refractivity contribution >= 4 is 52.5 Å². The molecular weight excluding hydrogens is 451 g/mol. The molecule has 1 aliphatic heterocycles. The molecule has 1 N–H and O–H groups in total. The second-order valence-corrected chi connectivity index (χ2v) is 9.56. The van der Waals surface area contributed by atoms with E-state index in [9.17, 15) is 9.59 Å². The minimum atomic E-state index is -0.276. The molecule has 158 valence electrons. The van der Waals surface area contributed by atoms with Gasteiger partial charge >= 0.3 is 0 Å².